The van der Waals surface area contributed by atoms with Crippen molar-refractivity contribution in [1.82, 2.24) is 14.9 Å². The molecular formula is C16H18N4S. The molecule has 21 heavy (non-hydrogen) atoms. The molecule has 2 aromatic heterocycles. The highest BCUT2D eigenvalue weighted by Gasteiger charge is 2.08. The summed E-state index contributed by atoms with van der Waals surface area (Å²) in [5.74, 6) is 0. The van der Waals surface area contributed by atoms with Crippen LogP contribution in [0.4, 0.5) is 5.13 Å². The van der Waals surface area contributed by atoms with E-state index < -0.39 is 0 Å². The van der Waals surface area contributed by atoms with Gasteiger partial charge in [0, 0.05) is 19.3 Å². The molecule has 0 spiro atoms. The van der Waals surface area contributed by atoms with Gasteiger partial charge in [-0.25, -0.2) is 4.98 Å². The molecule has 0 radical (unpaired) electrons. The number of aromatic nitrogens is 2. The SMILES string of the molecule is CCN(Cc1ccc2nc(N)sc2c1)Cc1ccccn1. The van der Waals surface area contributed by atoms with Gasteiger partial charge in [0.05, 0.1) is 15.9 Å². The van der Waals surface area contributed by atoms with Crippen LogP contribution >= 0.6 is 11.3 Å². The average molecular weight is 298 g/mol. The summed E-state index contributed by atoms with van der Waals surface area (Å²) in [6.45, 7) is 4.92. The second-order valence-electron chi connectivity index (χ2n) is 4.98. The molecule has 0 saturated carbocycles. The number of anilines is 1. The van der Waals surface area contributed by atoms with Gasteiger partial charge in [-0.3, -0.25) is 9.88 Å². The molecule has 108 valence electrons. The zero-order chi connectivity index (χ0) is 14.7. The van der Waals surface area contributed by atoms with Gasteiger partial charge < -0.3 is 5.73 Å². The van der Waals surface area contributed by atoms with E-state index >= 15 is 0 Å². The highest BCUT2D eigenvalue weighted by Crippen LogP contribution is 2.25. The molecule has 4 nitrogen and oxygen atoms in total. The smallest absolute Gasteiger partial charge is 0.181 e. The van der Waals surface area contributed by atoms with E-state index in [4.69, 9.17) is 5.73 Å². The molecule has 0 fully saturated rings. The third kappa shape index (κ3) is 3.37. The fourth-order valence-electron chi connectivity index (χ4n) is 2.34. The first-order valence-corrected chi connectivity index (χ1v) is 7.83. The molecule has 0 aliphatic rings. The maximum Gasteiger partial charge on any atom is 0.181 e. The Kier molecular flexibility index (Phi) is 4.13. The Hall–Kier alpha value is -1.98. The van der Waals surface area contributed by atoms with Gasteiger partial charge >= 0.3 is 0 Å². The van der Waals surface area contributed by atoms with E-state index in [9.17, 15) is 0 Å². The normalized spacial score (nSPS) is 11.3. The van der Waals surface area contributed by atoms with Crippen molar-refractivity contribution in [3.8, 4) is 0 Å². The van der Waals surface area contributed by atoms with Crippen molar-refractivity contribution in [3.63, 3.8) is 0 Å². The first kappa shape index (κ1) is 14.0. The fraction of sp³-hybridized carbons (Fsp3) is 0.250. The highest BCUT2D eigenvalue weighted by molar-refractivity contribution is 7.22. The quantitative estimate of drug-likeness (QED) is 0.785. The first-order chi connectivity index (χ1) is 10.2. The van der Waals surface area contributed by atoms with Gasteiger partial charge in [0.2, 0.25) is 0 Å². The van der Waals surface area contributed by atoms with Crippen LogP contribution in [0.25, 0.3) is 10.2 Å². The molecular weight excluding hydrogens is 280 g/mol. The molecule has 3 aromatic rings. The molecule has 0 unspecified atom stereocenters. The number of nitrogens with zero attached hydrogens (tertiary/aromatic N) is 3. The third-order valence-electron chi connectivity index (χ3n) is 3.43. The molecule has 2 N–H and O–H groups in total. The van der Waals surface area contributed by atoms with Crippen LogP contribution in [0, 0.1) is 0 Å². The number of rotatable bonds is 5. The predicted molar refractivity (Wildman–Crippen MR) is 88.1 cm³/mol. The van der Waals surface area contributed by atoms with Crippen molar-refractivity contribution >= 4 is 26.7 Å². The molecule has 0 saturated heterocycles. The standard InChI is InChI=1S/C16H18N4S/c1-2-20(11-13-5-3-4-8-18-13)10-12-6-7-14-15(9-12)21-16(17)19-14/h3-9H,2,10-11H2,1H3,(H2,17,19). The van der Waals surface area contributed by atoms with Crippen LogP contribution in [0.1, 0.15) is 18.2 Å². The minimum atomic E-state index is 0.628. The van der Waals surface area contributed by atoms with Crippen LogP contribution in [0.15, 0.2) is 42.6 Å². The maximum absolute atomic E-state index is 5.76. The summed E-state index contributed by atoms with van der Waals surface area (Å²) in [6.07, 6.45) is 1.84. The Morgan fingerprint density at radius 1 is 1.19 bits per heavy atom. The molecule has 1 aromatic carbocycles. The van der Waals surface area contributed by atoms with Gasteiger partial charge in [0.15, 0.2) is 5.13 Å². The van der Waals surface area contributed by atoms with Crippen molar-refractivity contribution in [3.05, 3.63) is 53.9 Å². The summed E-state index contributed by atoms with van der Waals surface area (Å²) in [5.41, 5.74) is 9.12. The van der Waals surface area contributed by atoms with Crippen molar-refractivity contribution < 1.29 is 0 Å². The highest BCUT2D eigenvalue weighted by atomic mass is 32.1. The fourth-order valence-corrected chi connectivity index (χ4v) is 3.14. The zero-order valence-corrected chi connectivity index (χ0v) is 12.8. The minimum Gasteiger partial charge on any atom is -0.375 e. The molecule has 0 amide bonds. The Balaban J connectivity index is 1.75. The molecule has 5 heteroatoms. The second-order valence-corrected chi connectivity index (χ2v) is 6.04. The van der Waals surface area contributed by atoms with Gasteiger partial charge in [-0.05, 0) is 36.4 Å². The van der Waals surface area contributed by atoms with Crippen molar-refractivity contribution in [1.29, 1.82) is 0 Å². The summed E-state index contributed by atoms with van der Waals surface area (Å²) in [6, 6.07) is 12.4. The number of fused-ring (bicyclic) bond motifs is 1. The summed E-state index contributed by atoms with van der Waals surface area (Å²) >= 11 is 1.54. The average Bonchev–Trinajstić information content (AvgIpc) is 2.87. The largest absolute Gasteiger partial charge is 0.375 e. The monoisotopic (exact) mass is 298 g/mol. The number of hydrogen-bond donors (Lipinski definition) is 1. The van der Waals surface area contributed by atoms with E-state index in [1.165, 1.54) is 5.56 Å². The number of nitrogens with two attached hydrogens (primary N) is 1. The number of thiazole rings is 1. The van der Waals surface area contributed by atoms with Crippen molar-refractivity contribution in [2.45, 2.75) is 20.0 Å². The number of benzene rings is 1. The Labute approximate surface area is 128 Å². The summed E-state index contributed by atoms with van der Waals surface area (Å²) in [4.78, 5) is 11.1. The predicted octanol–water partition coefficient (Wildman–Crippen LogP) is 3.30. The lowest BCUT2D eigenvalue weighted by Gasteiger charge is -2.20. The lowest BCUT2D eigenvalue weighted by molar-refractivity contribution is 0.268. The van der Waals surface area contributed by atoms with Crippen LogP contribution in [0.3, 0.4) is 0 Å². The van der Waals surface area contributed by atoms with Crippen LogP contribution < -0.4 is 5.73 Å². The van der Waals surface area contributed by atoms with E-state index in [0.29, 0.717) is 5.13 Å². The van der Waals surface area contributed by atoms with Gasteiger partial charge in [-0.15, -0.1) is 0 Å². The van der Waals surface area contributed by atoms with E-state index in [0.717, 1.165) is 35.5 Å². The molecule has 0 bridgehead atoms. The van der Waals surface area contributed by atoms with E-state index in [-0.39, 0.29) is 0 Å². The van der Waals surface area contributed by atoms with Crippen LogP contribution in [0.5, 0.6) is 0 Å². The van der Waals surface area contributed by atoms with Gasteiger partial charge in [0.1, 0.15) is 0 Å². The molecule has 2 heterocycles. The van der Waals surface area contributed by atoms with Crippen molar-refractivity contribution in [2.24, 2.45) is 0 Å². The topological polar surface area (TPSA) is 55.0 Å². The Morgan fingerprint density at radius 3 is 2.86 bits per heavy atom. The van der Waals surface area contributed by atoms with Crippen LogP contribution in [0.2, 0.25) is 0 Å². The maximum atomic E-state index is 5.76. The summed E-state index contributed by atoms with van der Waals surface area (Å²) in [7, 11) is 0. The summed E-state index contributed by atoms with van der Waals surface area (Å²) in [5, 5.41) is 0.628. The Morgan fingerprint density at radius 2 is 2.10 bits per heavy atom. The second kappa shape index (κ2) is 6.20. The third-order valence-corrected chi connectivity index (χ3v) is 4.28. The van der Waals surface area contributed by atoms with Crippen LogP contribution in [-0.2, 0) is 13.1 Å². The zero-order valence-electron chi connectivity index (χ0n) is 12.0. The number of nitrogen functional groups attached to an aromatic ring is 1. The van der Waals surface area contributed by atoms with Gasteiger partial charge in [-0.1, -0.05) is 30.4 Å². The molecule has 0 aliphatic heterocycles. The number of hydrogen-bond acceptors (Lipinski definition) is 5. The Bertz CT molecular complexity index is 723. The minimum absolute atomic E-state index is 0.628. The lowest BCUT2D eigenvalue weighted by Crippen LogP contribution is -2.22. The molecule has 0 atom stereocenters. The molecule has 3 rings (SSSR count). The first-order valence-electron chi connectivity index (χ1n) is 7.02. The molecule has 0 aliphatic carbocycles. The number of pyridine rings is 1. The van der Waals surface area contributed by atoms with E-state index in [1.54, 1.807) is 11.3 Å². The van der Waals surface area contributed by atoms with Gasteiger partial charge in [-0.2, -0.15) is 0 Å². The van der Waals surface area contributed by atoms with Gasteiger partial charge in [0.25, 0.3) is 0 Å². The van der Waals surface area contributed by atoms with E-state index in [1.807, 2.05) is 24.4 Å². The van der Waals surface area contributed by atoms with Crippen molar-refractivity contribution in [2.75, 3.05) is 12.3 Å². The lowest BCUT2D eigenvalue weighted by atomic mass is 10.2. The summed E-state index contributed by atoms with van der Waals surface area (Å²) < 4.78 is 1.15. The van der Waals surface area contributed by atoms with E-state index in [2.05, 4.69) is 40.0 Å². The van der Waals surface area contributed by atoms with Crippen LogP contribution in [-0.4, -0.2) is 21.4 Å².